The van der Waals surface area contributed by atoms with Crippen molar-refractivity contribution in [3.63, 3.8) is 0 Å². The highest BCUT2D eigenvalue weighted by atomic mass is 32.2. The molecule has 1 aliphatic heterocycles. The van der Waals surface area contributed by atoms with Crippen LogP contribution in [0.4, 0.5) is 13.2 Å². The van der Waals surface area contributed by atoms with Gasteiger partial charge in [0.15, 0.2) is 0 Å². The summed E-state index contributed by atoms with van der Waals surface area (Å²) in [5.74, 6) is -1.48. The summed E-state index contributed by atoms with van der Waals surface area (Å²) in [6.07, 6.45) is -3.39. The summed E-state index contributed by atoms with van der Waals surface area (Å²) < 4.78 is 74.6. The molecule has 1 fully saturated rings. The summed E-state index contributed by atoms with van der Waals surface area (Å²) in [6, 6.07) is 9.52. The van der Waals surface area contributed by atoms with Gasteiger partial charge in [0, 0.05) is 24.4 Å². The number of benzene rings is 1. The van der Waals surface area contributed by atoms with Gasteiger partial charge in [-0.2, -0.15) is 22.5 Å². The smallest absolute Gasteiger partial charge is 0.471 e. The summed E-state index contributed by atoms with van der Waals surface area (Å²) in [4.78, 5) is 7.57. The molecule has 12 heteroatoms. The molecule has 0 unspecified atom stereocenters. The van der Waals surface area contributed by atoms with Crippen LogP contribution in [-0.2, 0) is 16.2 Å². The molecule has 3 heterocycles. The highest BCUT2D eigenvalue weighted by Gasteiger charge is 2.38. The Morgan fingerprint density at radius 2 is 1.90 bits per heavy atom. The molecule has 2 aromatic heterocycles. The van der Waals surface area contributed by atoms with Crippen molar-refractivity contribution in [2.45, 2.75) is 30.5 Å². The van der Waals surface area contributed by atoms with Crippen LogP contribution in [0.5, 0.6) is 5.88 Å². The van der Waals surface area contributed by atoms with Gasteiger partial charge in [-0.25, -0.2) is 13.4 Å². The molecule has 0 bridgehead atoms. The van der Waals surface area contributed by atoms with Gasteiger partial charge in [-0.3, -0.25) is 0 Å². The fourth-order valence-corrected chi connectivity index (χ4v) is 4.57. The first-order chi connectivity index (χ1) is 14.6. The lowest BCUT2D eigenvalue weighted by molar-refractivity contribution is -0.159. The van der Waals surface area contributed by atoms with E-state index in [2.05, 4.69) is 19.6 Å². The predicted octanol–water partition coefficient (Wildman–Crippen LogP) is 3.30. The van der Waals surface area contributed by atoms with Crippen molar-refractivity contribution in [1.29, 1.82) is 0 Å². The van der Waals surface area contributed by atoms with Gasteiger partial charge in [0.2, 0.25) is 21.7 Å². The normalized spacial score (nSPS) is 17.7. The van der Waals surface area contributed by atoms with E-state index in [1.165, 1.54) is 22.6 Å². The Balaban J connectivity index is 1.40. The minimum Gasteiger partial charge on any atom is -0.473 e. The Morgan fingerprint density at radius 3 is 2.52 bits per heavy atom. The second-order valence-electron chi connectivity index (χ2n) is 7.01. The minimum absolute atomic E-state index is 0.166. The van der Waals surface area contributed by atoms with E-state index in [4.69, 9.17) is 4.74 Å². The number of ether oxygens (including phenoxy) is 1. The molecule has 1 aromatic carbocycles. The third kappa shape index (κ3) is 4.54. The SMILES string of the molecule is Cc1ccc(S(=O)(=O)N2CC[C@H](Oc3ccc(-c4noc(C(F)(F)F)n4)cn3)C2)cc1. The van der Waals surface area contributed by atoms with Gasteiger partial charge in [-0.1, -0.05) is 22.9 Å². The number of rotatable bonds is 5. The van der Waals surface area contributed by atoms with E-state index in [0.717, 1.165) is 5.56 Å². The van der Waals surface area contributed by atoms with Crippen molar-refractivity contribution < 1.29 is 30.8 Å². The van der Waals surface area contributed by atoms with Crippen LogP contribution in [0, 0.1) is 6.92 Å². The first kappa shape index (κ1) is 21.2. The topological polar surface area (TPSA) is 98.4 Å². The van der Waals surface area contributed by atoms with Gasteiger partial charge < -0.3 is 9.26 Å². The first-order valence-corrected chi connectivity index (χ1v) is 10.7. The van der Waals surface area contributed by atoms with Crippen LogP contribution in [-0.4, -0.2) is 47.0 Å². The number of aryl methyl sites for hydroxylation is 1. The number of pyridine rings is 1. The molecule has 164 valence electrons. The lowest BCUT2D eigenvalue weighted by atomic mass is 10.2. The van der Waals surface area contributed by atoms with Crippen LogP contribution in [0.3, 0.4) is 0 Å². The summed E-state index contributed by atoms with van der Waals surface area (Å²) >= 11 is 0. The van der Waals surface area contributed by atoms with Gasteiger partial charge in [-0.05, 0) is 31.5 Å². The van der Waals surface area contributed by atoms with Gasteiger partial charge in [0.1, 0.15) is 6.10 Å². The summed E-state index contributed by atoms with van der Waals surface area (Å²) in [5, 5.41) is 3.30. The third-order valence-corrected chi connectivity index (χ3v) is 6.60. The molecule has 0 N–H and O–H groups in total. The van der Waals surface area contributed by atoms with E-state index in [-0.39, 0.29) is 28.7 Å². The summed E-state index contributed by atoms with van der Waals surface area (Å²) in [7, 11) is -3.62. The highest BCUT2D eigenvalue weighted by molar-refractivity contribution is 7.89. The minimum atomic E-state index is -4.73. The third-order valence-electron chi connectivity index (χ3n) is 4.72. The Hall–Kier alpha value is -2.99. The van der Waals surface area contributed by atoms with Crippen LogP contribution in [0.1, 0.15) is 17.9 Å². The maximum atomic E-state index is 12.8. The van der Waals surface area contributed by atoms with Crippen LogP contribution >= 0.6 is 0 Å². The van der Waals surface area contributed by atoms with E-state index < -0.39 is 28.2 Å². The van der Waals surface area contributed by atoms with Crippen molar-refractivity contribution >= 4 is 10.0 Å². The standard InChI is InChI=1S/C19H17F3N4O4S/c1-12-2-5-15(6-3-12)31(27,28)26-9-8-14(11-26)29-16-7-4-13(10-23-16)17-24-18(30-25-17)19(20,21)22/h2-7,10,14H,8-9,11H2,1H3/t14-/m0/s1. The molecular formula is C19H17F3N4O4S. The van der Waals surface area contributed by atoms with E-state index >= 15 is 0 Å². The zero-order valence-electron chi connectivity index (χ0n) is 16.2. The van der Waals surface area contributed by atoms with Gasteiger partial charge in [-0.15, -0.1) is 0 Å². The fraction of sp³-hybridized carbons (Fsp3) is 0.316. The predicted molar refractivity (Wildman–Crippen MR) is 102 cm³/mol. The van der Waals surface area contributed by atoms with Crippen LogP contribution in [0.15, 0.2) is 52.0 Å². The van der Waals surface area contributed by atoms with Crippen molar-refractivity contribution in [2.24, 2.45) is 0 Å². The number of hydrogen-bond donors (Lipinski definition) is 0. The fourth-order valence-electron chi connectivity index (χ4n) is 3.08. The lowest BCUT2D eigenvalue weighted by Gasteiger charge is -2.17. The monoisotopic (exact) mass is 454 g/mol. The Morgan fingerprint density at radius 1 is 1.16 bits per heavy atom. The molecule has 0 aliphatic carbocycles. The van der Waals surface area contributed by atoms with E-state index in [1.54, 1.807) is 24.3 Å². The largest absolute Gasteiger partial charge is 0.473 e. The molecule has 1 atom stereocenters. The van der Waals surface area contributed by atoms with Crippen LogP contribution in [0.25, 0.3) is 11.4 Å². The number of nitrogens with zero attached hydrogens (tertiary/aromatic N) is 4. The number of halogens is 3. The molecular weight excluding hydrogens is 437 g/mol. The van der Waals surface area contributed by atoms with E-state index in [9.17, 15) is 21.6 Å². The number of alkyl halides is 3. The molecule has 0 spiro atoms. The lowest BCUT2D eigenvalue weighted by Crippen LogP contribution is -2.31. The Labute approximate surface area is 175 Å². The number of sulfonamides is 1. The van der Waals surface area contributed by atoms with Crippen molar-refractivity contribution in [2.75, 3.05) is 13.1 Å². The second kappa shape index (κ2) is 7.93. The van der Waals surface area contributed by atoms with E-state index in [1.807, 2.05) is 6.92 Å². The Kier molecular flexibility index (Phi) is 5.43. The van der Waals surface area contributed by atoms with Crippen LogP contribution in [0.2, 0.25) is 0 Å². The first-order valence-electron chi connectivity index (χ1n) is 9.24. The number of aromatic nitrogens is 3. The number of hydrogen-bond acceptors (Lipinski definition) is 7. The molecule has 8 nitrogen and oxygen atoms in total. The summed E-state index contributed by atoms with van der Waals surface area (Å²) in [5.41, 5.74) is 1.19. The molecule has 1 aliphatic rings. The van der Waals surface area contributed by atoms with Crippen molar-refractivity contribution in [3.8, 4) is 17.3 Å². The molecule has 0 saturated carbocycles. The molecule has 31 heavy (non-hydrogen) atoms. The molecule has 4 rings (SSSR count). The van der Waals surface area contributed by atoms with Gasteiger partial charge >= 0.3 is 12.1 Å². The zero-order valence-corrected chi connectivity index (χ0v) is 17.0. The molecule has 0 radical (unpaired) electrons. The highest BCUT2D eigenvalue weighted by Crippen LogP contribution is 2.30. The molecule has 0 amide bonds. The molecule has 1 saturated heterocycles. The van der Waals surface area contributed by atoms with E-state index in [0.29, 0.717) is 13.0 Å². The Bertz CT molecular complexity index is 1160. The second-order valence-corrected chi connectivity index (χ2v) is 8.95. The zero-order chi connectivity index (χ0) is 22.2. The van der Waals surface area contributed by atoms with Crippen molar-refractivity contribution in [1.82, 2.24) is 19.4 Å². The van der Waals surface area contributed by atoms with Gasteiger partial charge in [0.05, 0.1) is 11.4 Å². The van der Waals surface area contributed by atoms with Gasteiger partial charge in [0.25, 0.3) is 0 Å². The average Bonchev–Trinajstić information content (AvgIpc) is 3.39. The van der Waals surface area contributed by atoms with Crippen molar-refractivity contribution in [3.05, 3.63) is 54.0 Å². The quantitative estimate of drug-likeness (QED) is 0.583. The maximum absolute atomic E-state index is 12.8. The molecule has 3 aromatic rings. The average molecular weight is 454 g/mol. The maximum Gasteiger partial charge on any atom is 0.471 e. The van der Waals surface area contributed by atoms with Crippen LogP contribution < -0.4 is 4.74 Å². The summed E-state index contributed by atoms with van der Waals surface area (Å²) in [6.45, 7) is 2.35.